The maximum absolute atomic E-state index is 11.1. The van der Waals surface area contributed by atoms with Gasteiger partial charge in [0.2, 0.25) is 0 Å². The molecule has 1 N–H and O–H groups in total. The molecule has 7 heteroatoms. The molecule has 1 aromatic heterocycles. The van der Waals surface area contributed by atoms with E-state index in [9.17, 15) is 4.79 Å². The smallest absolute Gasteiger partial charge is 0.337 e. The van der Waals surface area contributed by atoms with Crippen LogP contribution in [0.25, 0.3) is 0 Å². The largest absolute Gasteiger partial charge is 0.478 e. The topological polar surface area (TPSA) is 71.9 Å². The molecule has 1 aromatic rings. The molecular weight excluding hydrogens is 284 g/mol. The second-order valence-corrected chi connectivity index (χ2v) is 5.37. The summed E-state index contributed by atoms with van der Waals surface area (Å²) < 4.78 is 11.4. The summed E-state index contributed by atoms with van der Waals surface area (Å²) in [4.78, 5) is 17.3. The highest BCUT2D eigenvalue weighted by atomic mass is 35.5. The molecular formula is C13H15ClN2O4. The number of pyridine rings is 1. The summed E-state index contributed by atoms with van der Waals surface area (Å²) in [6.07, 6.45) is 3.13. The van der Waals surface area contributed by atoms with Gasteiger partial charge in [0.05, 0.1) is 30.3 Å². The molecule has 2 aliphatic heterocycles. The Balaban J connectivity index is 1.85. The van der Waals surface area contributed by atoms with Crippen LogP contribution < -0.4 is 4.90 Å². The van der Waals surface area contributed by atoms with Gasteiger partial charge >= 0.3 is 5.97 Å². The highest BCUT2D eigenvalue weighted by Gasteiger charge is 2.41. The molecule has 2 fully saturated rings. The number of rotatable bonds is 2. The molecule has 0 bridgehead atoms. The Bertz CT molecular complexity index is 531. The van der Waals surface area contributed by atoms with Gasteiger partial charge in [0.25, 0.3) is 0 Å². The normalized spacial score (nSPS) is 21.4. The minimum absolute atomic E-state index is 0.0598. The maximum Gasteiger partial charge on any atom is 0.337 e. The first-order valence-electron chi connectivity index (χ1n) is 6.51. The minimum Gasteiger partial charge on any atom is -0.478 e. The molecule has 0 amide bonds. The molecule has 0 aromatic carbocycles. The summed E-state index contributed by atoms with van der Waals surface area (Å²) in [5.41, 5.74) is 0.0598. The predicted octanol–water partition coefficient (Wildman–Crippen LogP) is 1.78. The second-order valence-electron chi connectivity index (χ2n) is 4.96. The van der Waals surface area contributed by atoms with E-state index in [0.29, 0.717) is 25.6 Å². The third-order valence-corrected chi connectivity index (χ3v) is 3.93. The zero-order valence-corrected chi connectivity index (χ0v) is 11.6. The molecule has 3 heterocycles. The lowest BCUT2D eigenvalue weighted by Gasteiger charge is -2.39. The predicted molar refractivity (Wildman–Crippen MR) is 72.3 cm³/mol. The van der Waals surface area contributed by atoms with Crippen LogP contribution in [-0.4, -0.2) is 48.2 Å². The van der Waals surface area contributed by atoms with Gasteiger partial charge in [0, 0.05) is 19.2 Å². The Labute approximate surface area is 121 Å². The van der Waals surface area contributed by atoms with Gasteiger partial charge in [0.15, 0.2) is 5.79 Å². The first kappa shape index (κ1) is 13.6. The third-order valence-electron chi connectivity index (χ3n) is 3.63. The van der Waals surface area contributed by atoms with E-state index in [2.05, 4.69) is 4.98 Å². The number of hydrogen-bond donors (Lipinski definition) is 1. The van der Waals surface area contributed by atoms with Gasteiger partial charge in [-0.3, -0.25) is 0 Å². The average Bonchev–Trinajstić information content (AvgIpc) is 2.87. The molecule has 0 unspecified atom stereocenters. The summed E-state index contributed by atoms with van der Waals surface area (Å²) >= 11 is 5.84. The maximum atomic E-state index is 11.1. The van der Waals surface area contributed by atoms with Gasteiger partial charge in [-0.1, -0.05) is 11.6 Å². The van der Waals surface area contributed by atoms with E-state index in [1.165, 1.54) is 12.3 Å². The number of carbonyl (C=O) groups is 1. The standard InChI is InChI=1S/C13H15ClN2O4/c14-10-7-15-11(6-9(10)12(17)18)16-3-1-2-13(8-16)19-4-5-20-13/h6-7H,1-5,8H2,(H,17,18). The number of ether oxygens (including phenoxy) is 2. The molecule has 1 spiro atoms. The monoisotopic (exact) mass is 298 g/mol. The summed E-state index contributed by atoms with van der Waals surface area (Å²) in [5.74, 6) is -1.04. The van der Waals surface area contributed by atoms with E-state index in [-0.39, 0.29) is 10.6 Å². The van der Waals surface area contributed by atoms with E-state index >= 15 is 0 Å². The quantitative estimate of drug-likeness (QED) is 0.897. The molecule has 3 rings (SSSR count). The lowest BCUT2D eigenvalue weighted by molar-refractivity contribution is -0.161. The van der Waals surface area contributed by atoms with Crippen LogP contribution in [0.1, 0.15) is 23.2 Å². The molecule has 0 radical (unpaired) electrons. The summed E-state index contributed by atoms with van der Waals surface area (Å²) in [6, 6.07) is 1.50. The molecule has 6 nitrogen and oxygen atoms in total. The number of aromatic carboxylic acids is 1. The zero-order chi connectivity index (χ0) is 14.2. The molecule has 0 atom stereocenters. The summed E-state index contributed by atoms with van der Waals surface area (Å²) in [5, 5.41) is 9.25. The number of nitrogens with zero attached hydrogens (tertiary/aromatic N) is 2. The van der Waals surface area contributed by atoms with Crippen molar-refractivity contribution in [3.8, 4) is 0 Å². The van der Waals surface area contributed by atoms with Gasteiger partial charge in [0.1, 0.15) is 5.82 Å². The second kappa shape index (κ2) is 5.20. The van der Waals surface area contributed by atoms with Gasteiger partial charge in [-0.2, -0.15) is 0 Å². The van der Waals surface area contributed by atoms with Crippen LogP contribution in [0.2, 0.25) is 5.02 Å². The van der Waals surface area contributed by atoms with Crippen LogP contribution in [-0.2, 0) is 9.47 Å². The van der Waals surface area contributed by atoms with E-state index < -0.39 is 11.8 Å². The van der Waals surface area contributed by atoms with Crippen molar-refractivity contribution in [2.45, 2.75) is 18.6 Å². The molecule has 2 saturated heterocycles. The van der Waals surface area contributed by atoms with E-state index in [4.69, 9.17) is 26.2 Å². The lowest BCUT2D eigenvalue weighted by Crippen LogP contribution is -2.49. The van der Waals surface area contributed by atoms with Crippen molar-refractivity contribution in [1.29, 1.82) is 0 Å². The van der Waals surface area contributed by atoms with Crippen LogP contribution >= 0.6 is 11.6 Å². The zero-order valence-electron chi connectivity index (χ0n) is 10.8. The summed E-state index contributed by atoms with van der Waals surface area (Å²) in [7, 11) is 0. The van der Waals surface area contributed by atoms with E-state index in [1.807, 2.05) is 4.90 Å². The first-order valence-corrected chi connectivity index (χ1v) is 6.89. The fourth-order valence-electron chi connectivity index (χ4n) is 2.68. The SMILES string of the molecule is O=C(O)c1cc(N2CCCC3(C2)OCCO3)ncc1Cl. The van der Waals surface area contributed by atoms with Crippen molar-refractivity contribution in [1.82, 2.24) is 4.98 Å². The Morgan fingerprint density at radius 2 is 2.20 bits per heavy atom. The van der Waals surface area contributed by atoms with Crippen molar-refractivity contribution in [3.05, 3.63) is 22.8 Å². The Kier molecular flexibility index (Phi) is 3.54. The fraction of sp³-hybridized carbons (Fsp3) is 0.538. The molecule has 0 aliphatic carbocycles. The number of piperidine rings is 1. The van der Waals surface area contributed by atoms with Crippen molar-refractivity contribution in [2.75, 3.05) is 31.2 Å². The van der Waals surface area contributed by atoms with Crippen molar-refractivity contribution < 1.29 is 19.4 Å². The highest BCUT2D eigenvalue weighted by Crippen LogP contribution is 2.32. The lowest BCUT2D eigenvalue weighted by atomic mass is 10.0. The Morgan fingerprint density at radius 3 is 2.90 bits per heavy atom. The van der Waals surface area contributed by atoms with Crippen LogP contribution in [0.4, 0.5) is 5.82 Å². The summed E-state index contributed by atoms with van der Waals surface area (Å²) in [6.45, 7) is 2.55. The van der Waals surface area contributed by atoms with Crippen LogP contribution in [0, 0.1) is 0 Å². The molecule has 0 saturated carbocycles. The highest BCUT2D eigenvalue weighted by molar-refractivity contribution is 6.33. The number of aromatic nitrogens is 1. The number of carboxylic acids is 1. The number of carboxylic acid groups (broad SMARTS) is 1. The van der Waals surface area contributed by atoms with Crippen LogP contribution in [0.15, 0.2) is 12.3 Å². The Morgan fingerprint density at radius 1 is 1.45 bits per heavy atom. The van der Waals surface area contributed by atoms with Gasteiger partial charge in [-0.05, 0) is 12.5 Å². The average molecular weight is 299 g/mol. The van der Waals surface area contributed by atoms with Crippen molar-refractivity contribution >= 4 is 23.4 Å². The van der Waals surface area contributed by atoms with Gasteiger partial charge in [-0.25, -0.2) is 9.78 Å². The third kappa shape index (κ3) is 2.46. The van der Waals surface area contributed by atoms with Crippen LogP contribution in [0.5, 0.6) is 0 Å². The Hall–Kier alpha value is -1.37. The van der Waals surface area contributed by atoms with Crippen molar-refractivity contribution in [2.24, 2.45) is 0 Å². The molecule has 2 aliphatic rings. The van der Waals surface area contributed by atoms with E-state index in [0.717, 1.165) is 19.4 Å². The fourth-order valence-corrected chi connectivity index (χ4v) is 2.87. The van der Waals surface area contributed by atoms with Crippen molar-refractivity contribution in [3.63, 3.8) is 0 Å². The molecule has 108 valence electrons. The first-order chi connectivity index (χ1) is 9.60. The van der Waals surface area contributed by atoms with Gasteiger partial charge < -0.3 is 19.5 Å². The number of halogens is 1. The number of anilines is 1. The van der Waals surface area contributed by atoms with Crippen LogP contribution in [0.3, 0.4) is 0 Å². The van der Waals surface area contributed by atoms with E-state index in [1.54, 1.807) is 0 Å². The number of hydrogen-bond acceptors (Lipinski definition) is 5. The van der Waals surface area contributed by atoms with Gasteiger partial charge in [-0.15, -0.1) is 0 Å². The minimum atomic E-state index is -1.06. The molecule has 20 heavy (non-hydrogen) atoms.